The largest absolute Gasteiger partial charge is 0.508 e. The van der Waals surface area contributed by atoms with Crippen LogP contribution >= 0.6 is 0 Å². The standard InChI is InChI=1S/C13H16N2O/c16-12-3-1-2-9-4-5-10(8-11(9)12)13-14-6-7-15-13/h1-3,10,16H,4-8H2,(H,14,15). The minimum atomic E-state index is 0.445. The zero-order valence-electron chi connectivity index (χ0n) is 9.24. The molecule has 1 unspecified atom stereocenters. The molecule has 1 atom stereocenters. The molecule has 0 aromatic heterocycles. The Kier molecular flexibility index (Phi) is 2.31. The summed E-state index contributed by atoms with van der Waals surface area (Å²) in [7, 11) is 0. The number of rotatable bonds is 1. The monoisotopic (exact) mass is 216 g/mol. The highest BCUT2D eigenvalue weighted by atomic mass is 16.3. The first-order valence-electron chi connectivity index (χ1n) is 5.92. The quantitative estimate of drug-likeness (QED) is 0.747. The lowest BCUT2D eigenvalue weighted by atomic mass is 9.83. The maximum atomic E-state index is 9.86. The fraction of sp³-hybridized carbons (Fsp3) is 0.462. The maximum Gasteiger partial charge on any atom is 0.119 e. The van der Waals surface area contributed by atoms with Crippen LogP contribution in [0.4, 0.5) is 0 Å². The molecule has 1 aromatic rings. The highest BCUT2D eigenvalue weighted by molar-refractivity contribution is 5.86. The number of aryl methyl sites for hydroxylation is 1. The molecule has 1 heterocycles. The van der Waals surface area contributed by atoms with Gasteiger partial charge in [-0.1, -0.05) is 12.1 Å². The number of benzene rings is 1. The third kappa shape index (κ3) is 1.56. The normalized spacial score (nSPS) is 23.5. The van der Waals surface area contributed by atoms with E-state index < -0.39 is 0 Å². The van der Waals surface area contributed by atoms with Gasteiger partial charge in [-0.15, -0.1) is 0 Å². The summed E-state index contributed by atoms with van der Waals surface area (Å²) in [4.78, 5) is 4.49. The number of amidine groups is 1. The summed E-state index contributed by atoms with van der Waals surface area (Å²) in [5.41, 5.74) is 2.42. The second kappa shape index (κ2) is 3.81. The minimum absolute atomic E-state index is 0.445. The molecule has 0 radical (unpaired) electrons. The highest BCUT2D eigenvalue weighted by Crippen LogP contribution is 2.32. The Morgan fingerprint density at radius 3 is 3.12 bits per heavy atom. The number of hydrogen-bond acceptors (Lipinski definition) is 3. The smallest absolute Gasteiger partial charge is 0.119 e. The number of phenols is 1. The predicted molar refractivity (Wildman–Crippen MR) is 63.9 cm³/mol. The van der Waals surface area contributed by atoms with E-state index >= 15 is 0 Å². The van der Waals surface area contributed by atoms with Crippen LogP contribution in [0.5, 0.6) is 5.75 Å². The zero-order valence-corrected chi connectivity index (χ0v) is 9.24. The van der Waals surface area contributed by atoms with Gasteiger partial charge in [0.15, 0.2) is 0 Å². The fourth-order valence-corrected chi connectivity index (χ4v) is 2.69. The number of nitrogens with one attached hydrogen (secondary N) is 1. The van der Waals surface area contributed by atoms with Crippen LogP contribution in [0.15, 0.2) is 23.2 Å². The van der Waals surface area contributed by atoms with Crippen molar-refractivity contribution in [1.29, 1.82) is 0 Å². The number of nitrogens with zero attached hydrogens (tertiary/aromatic N) is 1. The van der Waals surface area contributed by atoms with Crippen molar-refractivity contribution in [2.45, 2.75) is 19.3 Å². The zero-order chi connectivity index (χ0) is 11.0. The van der Waals surface area contributed by atoms with Gasteiger partial charge in [-0.2, -0.15) is 0 Å². The van der Waals surface area contributed by atoms with Gasteiger partial charge in [0, 0.05) is 12.5 Å². The van der Waals surface area contributed by atoms with Crippen LogP contribution in [0.1, 0.15) is 17.5 Å². The molecular weight excluding hydrogens is 200 g/mol. The highest BCUT2D eigenvalue weighted by Gasteiger charge is 2.25. The van der Waals surface area contributed by atoms with Crippen LogP contribution < -0.4 is 5.32 Å². The topological polar surface area (TPSA) is 44.6 Å². The number of aromatic hydroxyl groups is 1. The van der Waals surface area contributed by atoms with Crippen molar-refractivity contribution in [3.05, 3.63) is 29.3 Å². The van der Waals surface area contributed by atoms with E-state index in [0.717, 1.165) is 43.8 Å². The lowest BCUT2D eigenvalue weighted by molar-refractivity contribution is 0.454. The van der Waals surface area contributed by atoms with Crippen molar-refractivity contribution in [3.63, 3.8) is 0 Å². The first-order chi connectivity index (χ1) is 7.84. The van der Waals surface area contributed by atoms with E-state index in [0.29, 0.717) is 11.7 Å². The van der Waals surface area contributed by atoms with Gasteiger partial charge in [-0.3, -0.25) is 4.99 Å². The van der Waals surface area contributed by atoms with Crippen LogP contribution in [0.25, 0.3) is 0 Å². The predicted octanol–water partition coefficient (Wildman–Crippen LogP) is 1.50. The second-order valence-corrected chi connectivity index (χ2v) is 4.55. The number of fused-ring (bicyclic) bond motifs is 1. The summed E-state index contributed by atoms with van der Waals surface area (Å²) in [5, 5.41) is 13.2. The van der Waals surface area contributed by atoms with Crippen molar-refractivity contribution >= 4 is 5.84 Å². The van der Waals surface area contributed by atoms with E-state index in [9.17, 15) is 5.11 Å². The SMILES string of the molecule is Oc1cccc2c1CC(C1=NCCN1)CC2. The summed E-state index contributed by atoms with van der Waals surface area (Å²) in [6, 6.07) is 5.83. The summed E-state index contributed by atoms with van der Waals surface area (Å²) < 4.78 is 0. The van der Waals surface area contributed by atoms with Gasteiger partial charge in [0.2, 0.25) is 0 Å². The van der Waals surface area contributed by atoms with E-state index in [4.69, 9.17) is 0 Å². The Labute approximate surface area is 95.2 Å². The maximum absolute atomic E-state index is 9.86. The molecule has 1 aliphatic heterocycles. The van der Waals surface area contributed by atoms with Crippen LogP contribution in [-0.4, -0.2) is 24.0 Å². The average Bonchev–Trinajstić information content (AvgIpc) is 2.83. The van der Waals surface area contributed by atoms with E-state index in [1.807, 2.05) is 6.07 Å². The first kappa shape index (κ1) is 9.70. The van der Waals surface area contributed by atoms with E-state index in [1.54, 1.807) is 6.07 Å². The molecule has 0 bridgehead atoms. The summed E-state index contributed by atoms with van der Waals surface area (Å²) in [5.74, 6) is 2.07. The summed E-state index contributed by atoms with van der Waals surface area (Å²) >= 11 is 0. The third-order valence-corrected chi connectivity index (χ3v) is 3.55. The van der Waals surface area contributed by atoms with Crippen molar-refractivity contribution in [3.8, 4) is 5.75 Å². The van der Waals surface area contributed by atoms with Gasteiger partial charge in [-0.05, 0) is 36.5 Å². The van der Waals surface area contributed by atoms with Gasteiger partial charge in [0.25, 0.3) is 0 Å². The lowest BCUT2D eigenvalue weighted by Crippen LogP contribution is -2.31. The molecule has 2 N–H and O–H groups in total. The van der Waals surface area contributed by atoms with Crippen molar-refractivity contribution in [2.24, 2.45) is 10.9 Å². The Balaban J connectivity index is 1.88. The lowest BCUT2D eigenvalue weighted by Gasteiger charge is -2.25. The molecule has 84 valence electrons. The van der Waals surface area contributed by atoms with Gasteiger partial charge in [0.1, 0.15) is 5.75 Å². The molecule has 1 aliphatic carbocycles. The second-order valence-electron chi connectivity index (χ2n) is 4.55. The minimum Gasteiger partial charge on any atom is -0.508 e. The number of hydrogen-bond donors (Lipinski definition) is 2. The molecule has 3 nitrogen and oxygen atoms in total. The molecule has 2 aliphatic rings. The summed E-state index contributed by atoms with van der Waals surface area (Å²) in [6.07, 6.45) is 3.12. The molecule has 3 rings (SSSR count). The Morgan fingerprint density at radius 2 is 2.31 bits per heavy atom. The third-order valence-electron chi connectivity index (χ3n) is 3.55. The number of aliphatic imine (C=N–C) groups is 1. The van der Waals surface area contributed by atoms with Crippen LogP contribution in [0, 0.1) is 5.92 Å². The first-order valence-corrected chi connectivity index (χ1v) is 5.92. The number of phenolic OH excluding ortho intramolecular Hbond substituents is 1. The molecule has 0 fully saturated rings. The molecule has 16 heavy (non-hydrogen) atoms. The van der Waals surface area contributed by atoms with Gasteiger partial charge >= 0.3 is 0 Å². The van der Waals surface area contributed by atoms with E-state index in [2.05, 4.69) is 16.4 Å². The molecule has 0 amide bonds. The van der Waals surface area contributed by atoms with Gasteiger partial charge in [-0.25, -0.2) is 0 Å². The van der Waals surface area contributed by atoms with Crippen LogP contribution in [-0.2, 0) is 12.8 Å². The Morgan fingerprint density at radius 1 is 1.38 bits per heavy atom. The molecule has 1 aromatic carbocycles. The van der Waals surface area contributed by atoms with Gasteiger partial charge < -0.3 is 10.4 Å². The van der Waals surface area contributed by atoms with Crippen LogP contribution in [0.2, 0.25) is 0 Å². The van der Waals surface area contributed by atoms with Gasteiger partial charge in [0.05, 0.1) is 12.4 Å². The molecule has 0 spiro atoms. The average molecular weight is 216 g/mol. The molecular formula is C13H16N2O. The van der Waals surface area contributed by atoms with E-state index in [-0.39, 0.29) is 0 Å². The molecule has 0 saturated heterocycles. The van der Waals surface area contributed by atoms with E-state index in [1.165, 1.54) is 5.56 Å². The molecule has 0 saturated carbocycles. The van der Waals surface area contributed by atoms with Crippen molar-refractivity contribution in [2.75, 3.05) is 13.1 Å². The van der Waals surface area contributed by atoms with Crippen molar-refractivity contribution in [1.82, 2.24) is 5.32 Å². The van der Waals surface area contributed by atoms with Crippen molar-refractivity contribution < 1.29 is 5.11 Å². The fourth-order valence-electron chi connectivity index (χ4n) is 2.69. The summed E-state index contributed by atoms with van der Waals surface area (Å²) in [6.45, 7) is 1.87. The Bertz CT molecular complexity index is 440. The Hall–Kier alpha value is -1.51. The molecule has 3 heteroatoms. The van der Waals surface area contributed by atoms with Crippen LogP contribution in [0.3, 0.4) is 0 Å².